The topological polar surface area (TPSA) is 228 Å². The van der Waals surface area contributed by atoms with Crippen LogP contribution >= 0.6 is 0 Å². The first kappa shape index (κ1) is 78.0. The van der Waals surface area contributed by atoms with Crippen molar-refractivity contribution in [1.29, 1.82) is 0 Å². The monoisotopic (exact) mass is 1190 g/mol. The average Bonchev–Trinajstić information content (AvgIpc) is 3.62. The number of rotatable bonds is 57. The molecule has 1 amide bonds. The Labute approximate surface area is 512 Å². The third kappa shape index (κ3) is 39.1. The largest absolute Gasteiger partial charge is 0.394 e. The third-order valence-electron chi connectivity index (χ3n) is 17.1. The molecule has 0 aliphatic carbocycles. The number of aliphatic hydroxyl groups is 8. The lowest BCUT2D eigenvalue weighted by molar-refractivity contribution is -0.359. The van der Waals surface area contributed by atoms with Crippen LogP contribution in [0.4, 0.5) is 0 Å². The van der Waals surface area contributed by atoms with Crippen molar-refractivity contribution in [3.05, 3.63) is 48.6 Å². The molecule has 0 saturated carbocycles. The summed E-state index contributed by atoms with van der Waals surface area (Å²) in [7, 11) is 0. The molecule has 12 unspecified atom stereocenters. The number of aliphatic hydroxyl groups excluding tert-OH is 8. The van der Waals surface area contributed by atoms with E-state index in [1.165, 1.54) is 173 Å². The Kier molecular flexibility index (Phi) is 51.1. The molecule has 12 atom stereocenters. The third-order valence-corrected chi connectivity index (χ3v) is 17.1. The van der Waals surface area contributed by atoms with Gasteiger partial charge in [-0.1, -0.05) is 287 Å². The normalized spacial score (nSPS) is 23.9. The molecule has 2 fully saturated rings. The van der Waals surface area contributed by atoms with Gasteiger partial charge in [-0.15, -0.1) is 0 Å². The molecule has 0 aromatic heterocycles. The minimum absolute atomic E-state index is 0.218. The SMILES string of the molecule is CC/C=C\C/C=C\C/C=C\C/C=C\CCCCCCCCC(=O)NC(COC1OC(CO)C(OC2OC(CO)C(O)C(O)C2O)C(O)C1O)C(O)CCCCCCCCCCCCCCCCCCCCCCCCCCCCCCCCC. The van der Waals surface area contributed by atoms with Gasteiger partial charge in [0.2, 0.25) is 5.91 Å². The van der Waals surface area contributed by atoms with Crippen LogP contribution in [0.5, 0.6) is 0 Å². The van der Waals surface area contributed by atoms with Crippen molar-refractivity contribution in [2.45, 2.75) is 370 Å². The first-order valence-electron chi connectivity index (χ1n) is 34.9. The zero-order valence-electron chi connectivity index (χ0n) is 53.4. The van der Waals surface area contributed by atoms with Crippen LogP contribution in [0.1, 0.15) is 296 Å². The standard InChI is InChI=1S/C70H129NO13/c1-3-5-7-9-11-13-15-17-19-21-23-24-25-26-27-28-29-30-31-32-33-34-36-37-39-41-43-45-47-49-51-53-59(74)58(71-62(75)54-52-50-48-46-44-42-40-38-35-22-20-18-16-14-12-10-8-6-4-2)57-81-69-67(80)65(78)68(61(56-73)83-69)84-70-66(79)64(77)63(76)60(55-72)82-70/h6,8,12,14,18,20,35,38,58-61,63-70,72-74,76-80H,3-5,7,9-11,13,15-17,19,21-34,36-37,39-57H2,1-2H3,(H,71,75)/b8-6-,14-12-,20-18-,38-35-. The van der Waals surface area contributed by atoms with Crippen molar-refractivity contribution in [2.24, 2.45) is 0 Å². The molecule has 2 aliphatic heterocycles. The highest BCUT2D eigenvalue weighted by molar-refractivity contribution is 5.76. The lowest BCUT2D eigenvalue weighted by Gasteiger charge is -2.46. The van der Waals surface area contributed by atoms with E-state index >= 15 is 0 Å². The van der Waals surface area contributed by atoms with Gasteiger partial charge in [0.15, 0.2) is 12.6 Å². The van der Waals surface area contributed by atoms with Gasteiger partial charge in [0.05, 0.1) is 32.0 Å². The highest BCUT2D eigenvalue weighted by atomic mass is 16.7. The number of unbranched alkanes of at least 4 members (excludes halogenated alkanes) is 36. The number of allylic oxidation sites excluding steroid dienone is 8. The predicted octanol–water partition coefficient (Wildman–Crippen LogP) is 13.9. The van der Waals surface area contributed by atoms with Gasteiger partial charge in [-0.2, -0.15) is 0 Å². The summed E-state index contributed by atoms with van der Waals surface area (Å²) in [5.74, 6) is -0.218. The van der Waals surface area contributed by atoms with Crippen molar-refractivity contribution in [3.63, 3.8) is 0 Å². The first-order valence-corrected chi connectivity index (χ1v) is 34.9. The second-order valence-electron chi connectivity index (χ2n) is 24.6. The van der Waals surface area contributed by atoms with E-state index in [2.05, 4.69) is 67.8 Å². The summed E-state index contributed by atoms with van der Waals surface area (Å²) in [5.41, 5.74) is 0. The fraction of sp³-hybridized carbons (Fsp3) is 0.871. The lowest BCUT2D eigenvalue weighted by Crippen LogP contribution is -2.65. The summed E-state index contributed by atoms with van der Waals surface area (Å²) in [6.45, 7) is 2.77. The Morgan fingerprint density at radius 1 is 0.440 bits per heavy atom. The number of carbonyl (C=O) groups is 1. The van der Waals surface area contributed by atoms with Crippen molar-refractivity contribution in [1.82, 2.24) is 5.32 Å². The van der Waals surface area contributed by atoms with Crippen LogP contribution in [0.15, 0.2) is 48.6 Å². The number of carbonyl (C=O) groups excluding carboxylic acids is 1. The fourth-order valence-corrected chi connectivity index (χ4v) is 11.5. The van der Waals surface area contributed by atoms with Gasteiger partial charge < -0.3 is 65.1 Å². The Morgan fingerprint density at radius 3 is 1.26 bits per heavy atom. The zero-order chi connectivity index (χ0) is 60.9. The molecule has 84 heavy (non-hydrogen) atoms. The maximum Gasteiger partial charge on any atom is 0.220 e. The Morgan fingerprint density at radius 2 is 0.821 bits per heavy atom. The molecule has 0 bridgehead atoms. The van der Waals surface area contributed by atoms with Gasteiger partial charge in [0.25, 0.3) is 0 Å². The van der Waals surface area contributed by atoms with Gasteiger partial charge in [-0.05, 0) is 51.4 Å². The smallest absolute Gasteiger partial charge is 0.220 e. The van der Waals surface area contributed by atoms with E-state index in [1.54, 1.807) is 0 Å². The van der Waals surface area contributed by atoms with E-state index in [1.807, 2.05) is 0 Å². The average molecular weight is 1190 g/mol. The van der Waals surface area contributed by atoms with Crippen LogP contribution in [0.3, 0.4) is 0 Å². The van der Waals surface area contributed by atoms with Crippen molar-refractivity contribution < 1.29 is 64.6 Å². The van der Waals surface area contributed by atoms with Crippen LogP contribution in [0.25, 0.3) is 0 Å². The summed E-state index contributed by atoms with van der Waals surface area (Å²) >= 11 is 0. The second-order valence-corrected chi connectivity index (χ2v) is 24.6. The first-order chi connectivity index (χ1) is 41.1. The molecule has 0 spiro atoms. The molecule has 2 aliphatic rings. The molecule has 9 N–H and O–H groups in total. The minimum atomic E-state index is -1.79. The molecular formula is C70H129NO13. The van der Waals surface area contributed by atoms with E-state index in [0.717, 1.165) is 89.9 Å². The van der Waals surface area contributed by atoms with E-state index in [0.29, 0.717) is 12.8 Å². The van der Waals surface area contributed by atoms with Crippen LogP contribution in [0, 0.1) is 0 Å². The molecule has 492 valence electrons. The quantitative estimate of drug-likeness (QED) is 0.0204. The number of hydrogen-bond acceptors (Lipinski definition) is 13. The summed E-state index contributed by atoms with van der Waals surface area (Å²) in [4.78, 5) is 13.3. The van der Waals surface area contributed by atoms with Crippen LogP contribution in [-0.2, 0) is 23.7 Å². The van der Waals surface area contributed by atoms with E-state index in [4.69, 9.17) is 18.9 Å². The van der Waals surface area contributed by atoms with Gasteiger partial charge in [0, 0.05) is 6.42 Å². The maximum atomic E-state index is 13.3. The van der Waals surface area contributed by atoms with Gasteiger partial charge in [-0.3, -0.25) is 4.79 Å². The zero-order valence-corrected chi connectivity index (χ0v) is 53.4. The van der Waals surface area contributed by atoms with E-state index in [-0.39, 0.29) is 18.9 Å². The van der Waals surface area contributed by atoms with Crippen LogP contribution in [0.2, 0.25) is 0 Å². The number of ether oxygens (including phenoxy) is 4. The molecule has 14 nitrogen and oxygen atoms in total. The molecule has 0 aromatic carbocycles. The van der Waals surface area contributed by atoms with Crippen molar-refractivity contribution in [3.8, 4) is 0 Å². The van der Waals surface area contributed by atoms with E-state index in [9.17, 15) is 45.6 Å². The van der Waals surface area contributed by atoms with Gasteiger partial charge in [-0.25, -0.2) is 0 Å². The lowest BCUT2D eigenvalue weighted by atomic mass is 9.97. The summed E-state index contributed by atoms with van der Waals surface area (Å²) < 4.78 is 22.9. The Balaban J connectivity index is 1.65. The number of nitrogens with one attached hydrogen (secondary N) is 1. The molecule has 0 aromatic rings. The minimum Gasteiger partial charge on any atom is -0.394 e. The van der Waals surface area contributed by atoms with Crippen LogP contribution < -0.4 is 5.32 Å². The molecule has 2 heterocycles. The highest BCUT2D eigenvalue weighted by Gasteiger charge is 2.51. The molecule has 0 radical (unpaired) electrons. The van der Waals surface area contributed by atoms with Gasteiger partial charge in [0.1, 0.15) is 48.8 Å². The van der Waals surface area contributed by atoms with Crippen molar-refractivity contribution in [2.75, 3.05) is 19.8 Å². The summed E-state index contributed by atoms with van der Waals surface area (Å²) in [6, 6.07) is -0.840. The highest BCUT2D eigenvalue weighted by Crippen LogP contribution is 2.30. The van der Waals surface area contributed by atoms with Crippen LogP contribution in [-0.4, -0.2) is 140 Å². The van der Waals surface area contributed by atoms with E-state index < -0.39 is 86.8 Å². The number of amides is 1. The summed E-state index contributed by atoms with van der Waals surface area (Å²) in [6.07, 6.45) is 54.2. The number of hydrogen-bond donors (Lipinski definition) is 9. The predicted molar refractivity (Wildman–Crippen MR) is 341 cm³/mol. The van der Waals surface area contributed by atoms with Crippen molar-refractivity contribution >= 4 is 5.91 Å². The molecule has 2 rings (SSSR count). The summed E-state index contributed by atoms with van der Waals surface area (Å²) in [5, 5.41) is 87.6. The molecule has 14 heteroatoms. The second kappa shape index (κ2) is 55.1. The molecule has 2 saturated heterocycles. The molecular weight excluding hydrogens is 1060 g/mol. The fourth-order valence-electron chi connectivity index (χ4n) is 11.5. The maximum absolute atomic E-state index is 13.3. The Bertz CT molecular complexity index is 1590. The Hall–Kier alpha value is -2.05. The van der Waals surface area contributed by atoms with Gasteiger partial charge >= 0.3 is 0 Å².